The number of nitrogens with zero attached hydrogens (tertiary/aromatic N) is 3. The number of thioether (sulfide) groups is 1. The van der Waals surface area contributed by atoms with E-state index in [4.69, 9.17) is 0 Å². The molecule has 1 aromatic carbocycles. The van der Waals surface area contributed by atoms with Crippen LogP contribution in [0.1, 0.15) is 17.2 Å². The van der Waals surface area contributed by atoms with Gasteiger partial charge in [0.2, 0.25) is 0 Å². The molecule has 19 heavy (non-hydrogen) atoms. The maximum atomic E-state index is 4.20. The lowest BCUT2D eigenvalue weighted by molar-refractivity contribution is 0.484. The maximum Gasteiger partial charge on any atom is 0.0842 e. The Bertz CT molecular complexity index is 566. The first-order chi connectivity index (χ1) is 9.28. The summed E-state index contributed by atoms with van der Waals surface area (Å²) >= 11 is 1.95. The van der Waals surface area contributed by atoms with Crippen LogP contribution in [0.15, 0.2) is 35.4 Å². The summed E-state index contributed by atoms with van der Waals surface area (Å²) in [7, 11) is 3.94. The fourth-order valence-electron chi connectivity index (χ4n) is 2.68. The van der Waals surface area contributed by atoms with E-state index in [9.17, 15) is 0 Å². The SMILES string of the molecule is CNC(Cc1cn(C)nn1)C1CSc2ccccc21. The molecule has 4 nitrogen and oxygen atoms in total. The molecule has 0 radical (unpaired) electrons. The molecule has 0 spiro atoms. The number of nitrogens with one attached hydrogen (secondary N) is 1. The monoisotopic (exact) mass is 274 g/mol. The van der Waals surface area contributed by atoms with Crippen LogP contribution in [0.3, 0.4) is 0 Å². The van der Waals surface area contributed by atoms with Gasteiger partial charge in [-0.2, -0.15) is 0 Å². The van der Waals surface area contributed by atoms with E-state index in [1.807, 2.05) is 32.1 Å². The number of aryl methyl sites for hydroxylation is 1. The summed E-state index contributed by atoms with van der Waals surface area (Å²) < 4.78 is 1.76. The Morgan fingerprint density at radius 2 is 2.32 bits per heavy atom. The number of fused-ring (bicyclic) bond motifs is 1. The van der Waals surface area contributed by atoms with Crippen LogP contribution in [0.25, 0.3) is 0 Å². The summed E-state index contributed by atoms with van der Waals surface area (Å²) in [4.78, 5) is 1.42. The van der Waals surface area contributed by atoms with E-state index >= 15 is 0 Å². The number of benzene rings is 1. The van der Waals surface area contributed by atoms with Gasteiger partial charge >= 0.3 is 0 Å². The zero-order valence-corrected chi connectivity index (χ0v) is 12.0. The van der Waals surface area contributed by atoms with Gasteiger partial charge in [0.1, 0.15) is 0 Å². The van der Waals surface area contributed by atoms with E-state index in [1.165, 1.54) is 10.5 Å². The molecule has 5 heteroatoms. The zero-order chi connectivity index (χ0) is 13.2. The van der Waals surface area contributed by atoms with Gasteiger partial charge in [0.15, 0.2) is 0 Å². The number of likely N-dealkylation sites (N-methyl/N-ethyl adjacent to an activating group) is 1. The van der Waals surface area contributed by atoms with Gasteiger partial charge in [0, 0.05) is 42.3 Å². The average molecular weight is 274 g/mol. The van der Waals surface area contributed by atoms with Gasteiger partial charge in [-0.3, -0.25) is 4.68 Å². The second-order valence-corrected chi connectivity index (χ2v) is 6.00. The normalized spacial score (nSPS) is 19.4. The molecule has 2 unspecified atom stereocenters. The van der Waals surface area contributed by atoms with Gasteiger partial charge < -0.3 is 5.32 Å². The Labute approximate surface area is 117 Å². The van der Waals surface area contributed by atoms with E-state index in [1.54, 1.807) is 4.68 Å². The topological polar surface area (TPSA) is 42.7 Å². The van der Waals surface area contributed by atoms with Gasteiger partial charge in [0.25, 0.3) is 0 Å². The van der Waals surface area contributed by atoms with E-state index in [-0.39, 0.29) is 0 Å². The minimum Gasteiger partial charge on any atom is -0.316 e. The lowest BCUT2D eigenvalue weighted by Crippen LogP contribution is -2.34. The number of hydrogen-bond acceptors (Lipinski definition) is 4. The molecule has 2 aromatic rings. The van der Waals surface area contributed by atoms with Crippen molar-refractivity contribution in [2.24, 2.45) is 7.05 Å². The highest BCUT2D eigenvalue weighted by Crippen LogP contribution is 2.41. The quantitative estimate of drug-likeness (QED) is 0.924. The third kappa shape index (κ3) is 2.53. The number of aromatic nitrogens is 3. The third-order valence-corrected chi connectivity index (χ3v) is 4.88. The highest BCUT2D eigenvalue weighted by atomic mass is 32.2. The first-order valence-corrected chi connectivity index (χ1v) is 7.50. The molecule has 1 aliphatic rings. The minimum atomic E-state index is 0.410. The molecule has 0 fully saturated rings. The summed E-state index contributed by atoms with van der Waals surface area (Å²) in [5, 5.41) is 11.7. The standard InChI is InChI=1S/C14H18N4S/c1-15-13(7-10-8-18(2)17-16-10)12-9-19-14-6-4-3-5-11(12)14/h3-6,8,12-13,15H,7,9H2,1-2H3. The highest BCUT2D eigenvalue weighted by Gasteiger charge is 2.29. The van der Waals surface area contributed by atoms with E-state index in [2.05, 4.69) is 39.9 Å². The maximum absolute atomic E-state index is 4.20. The van der Waals surface area contributed by atoms with Gasteiger partial charge in [0.05, 0.1) is 5.69 Å². The Balaban J connectivity index is 1.80. The lowest BCUT2D eigenvalue weighted by Gasteiger charge is -2.22. The van der Waals surface area contributed by atoms with Gasteiger partial charge in [-0.25, -0.2) is 0 Å². The third-order valence-electron chi connectivity index (χ3n) is 3.67. The van der Waals surface area contributed by atoms with Crippen LogP contribution in [0.5, 0.6) is 0 Å². The van der Waals surface area contributed by atoms with E-state index < -0.39 is 0 Å². The van der Waals surface area contributed by atoms with Crippen molar-refractivity contribution in [1.82, 2.24) is 20.3 Å². The van der Waals surface area contributed by atoms with Crippen molar-refractivity contribution in [3.63, 3.8) is 0 Å². The molecule has 0 bridgehead atoms. The first kappa shape index (κ1) is 12.7. The molecule has 0 saturated carbocycles. The van der Waals surface area contributed by atoms with Crippen molar-refractivity contribution in [3.05, 3.63) is 41.7 Å². The van der Waals surface area contributed by atoms with Crippen molar-refractivity contribution in [2.75, 3.05) is 12.8 Å². The van der Waals surface area contributed by atoms with E-state index in [0.29, 0.717) is 12.0 Å². The molecule has 1 aliphatic heterocycles. The van der Waals surface area contributed by atoms with Crippen molar-refractivity contribution < 1.29 is 0 Å². The van der Waals surface area contributed by atoms with Crippen molar-refractivity contribution in [1.29, 1.82) is 0 Å². The number of hydrogen-bond donors (Lipinski definition) is 1. The molecule has 0 amide bonds. The molecular weight excluding hydrogens is 256 g/mol. The predicted molar refractivity (Wildman–Crippen MR) is 77.5 cm³/mol. The van der Waals surface area contributed by atoms with Crippen LogP contribution in [-0.2, 0) is 13.5 Å². The average Bonchev–Trinajstić information content (AvgIpc) is 3.02. The molecule has 100 valence electrons. The molecule has 0 aliphatic carbocycles. The fraction of sp³-hybridized carbons (Fsp3) is 0.429. The Morgan fingerprint density at radius 3 is 3.05 bits per heavy atom. The molecule has 2 heterocycles. The second-order valence-electron chi connectivity index (χ2n) is 4.94. The second kappa shape index (κ2) is 5.35. The molecule has 0 saturated heterocycles. The molecule has 1 aromatic heterocycles. The zero-order valence-electron chi connectivity index (χ0n) is 11.2. The van der Waals surface area contributed by atoms with E-state index in [0.717, 1.165) is 17.9 Å². The Morgan fingerprint density at radius 1 is 1.47 bits per heavy atom. The smallest absolute Gasteiger partial charge is 0.0842 e. The van der Waals surface area contributed by atoms with Gasteiger partial charge in [-0.15, -0.1) is 16.9 Å². The number of rotatable bonds is 4. The predicted octanol–water partition coefficient (Wildman–Crippen LogP) is 1.84. The van der Waals surface area contributed by atoms with Gasteiger partial charge in [-0.1, -0.05) is 23.4 Å². The first-order valence-electron chi connectivity index (χ1n) is 6.52. The summed E-state index contributed by atoms with van der Waals surface area (Å²) in [6.45, 7) is 0. The lowest BCUT2D eigenvalue weighted by atomic mass is 9.90. The summed E-state index contributed by atoms with van der Waals surface area (Å²) in [5.74, 6) is 1.69. The molecular formula is C14H18N4S. The largest absolute Gasteiger partial charge is 0.316 e. The fourth-order valence-corrected chi connectivity index (χ4v) is 4.01. The summed E-state index contributed by atoms with van der Waals surface area (Å²) in [6, 6.07) is 9.13. The van der Waals surface area contributed by atoms with Crippen LogP contribution < -0.4 is 5.32 Å². The molecule has 1 N–H and O–H groups in total. The van der Waals surface area contributed by atoms with Crippen molar-refractivity contribution in [3.8, 4) is 0 Å². The summed E-state index contributed by atoms with van der Waals surface area (Å²) in [5.41, 5.74) is 2.52. The van der Waals surface area contributed by atoms with Crippen molar-refractivity contribution in [2.45, 2.75) is 23.3 Å². The molecule has 2 atom stereocenters. The Kier molecular flexibility index (Phi) is 3.57. The van der Waals surface area contributed by atoms with Crippen LogP contribution in [0, 0.1) is 0 Å². The highest BCUT2D eigenvalue weighted by molar-refractivity contribution is 7.99. The van der Waals surface area contributed by atoms with Crippen LogP contribution in [-0.4, -0.2) is 33.8 Å². The van der Waals surface area contributed by atoms with Crippen LogP contribution in [0.4, 0.5) is 0 Å². The van der Waals surface area contributed by atoms with Crippen LogP contribution in [0.2, 0.25) is 0 Å². The minimum absolute atomic E-state index is 0.410. The van der Waals surface area contributed by atoms with Crippen molar-refractivity contribution >= 4 is 11.8 Å². The van der Waals surface area contributed by atoms with Gasteiger partial charge in [-0.05, 0) is 18.7 Å². The summed E-state index contributed by atoms with van der Waals surface area (Å²) in [6.07, 6.45) is 2.92. The molecule has 3 rings (SSSR count). The van der Waals surface area contributed by atoms with Crippen LogP contribution >= 0.6 is 11.8 Å². The Hall–Kier alpha value is -1.33.